The Kier molecular flexibility index (Phi) is 2.40. The third kappa shape index (κ3) is 1.70. The van der Waals surface area contributed by atoms with Gasteiger partial charge in [-0.05, 0) is 34.3 Å². The number of nitrogens with zero attached hydrogens (tertiary/aromatic N) is 2. The van der Waals surface area contributed by atoms with Gasteiger partial charge in [0.15, 0.2) is 0 Å². The van der Waals surface area contributed by atoms with Crippen LogP contribution in [-0.2, 0) is 0 Å². The Labute approximate surface area is 94.2 Å². The van der Waals surface area contributed by atoms with Crippen LogP contribution in [0.25, 0.3) is 10.8 Å². The number of non-ortho nitro benzene ring substituents is 1. The summed E-state index contributed by atoms with van der Waals surface area (Å²) in [5, 5.41) is 12.2. The van der Waals surface area contributed by atoms with Gasteiger partial charge in [0, 0.05) is 11.8 Å². The van der Waals surface area contributed by atoms with Crippen LogP contribution in [0.2, 0.25) is 0 Å². The smallest absolute Gasteiger partial charge is 0.258 e. The molecule has 0 atom stereocenters. The molecule has 0 unspecified atom stereocenters. The second kappa shape index (κ2) is 3.58. The Bertz CT molecular complexity index is 554. The minimum absolute atomic E-state index is 0.0758. The van der Waals surface area contributed by atoms with E-state index < -0.39 is 4.92 Å². The summed E-state index contributed by atoms with van der Waals surface area (Å²) in [7, 11) is 0. The molecule has 0 saturated carbocycles. The molecule has 76 valence electrons. The molecule has 1 aromatic heterocycles. The molecule has 5 heteroatoms. The first-order valence-corrected chi connectivity index (χ1v) is 5.09. The summed E-state index contributed by atoms with van der Waals surface area (Å²) in [5.41, 5.74) is 0.904. The van der Waals surface area contributed by atoms with Gasteiger partial charge in [-0.15, -0.1) is 0 Å². The summed E-state index contributed by atoms with van der Waals surface area (Å²) in [6.45, 7) is 1.85. The Hall–Kier alpha value is -1.49. The maximum absolute atomic E-state index is 10.8. The van der Waals surface area contributed by atoms with Gasteiger partial charge in [0.1, 0.15) is 4.60 Å². The fraction of sp³-hybridized carbons (Fsp3) is 0.100. The predicted octanol–water partition coefficient (Wildman–Crippen LogP) is 3.21. The SMILES string of the molecule is Cc1cc2cccc([N+](=O)[O-])c2c(Br)n1. The van der Waals surface area contributed by atoms with Gasteiger partial charge in [0.25, 0.3) is 5.69 Å². The van der Waals surface area contributed by atoms with Crippen molar-refractivity contribution in [3.63, 3.8) is 0 Å². The molecule has 4 nitrogen and oxygen atoms in total. The highest BCUT2D eigenvalue weighted by Gasteiger charge is 2.14. The fourth-order valence-electron chi connectivity index (χ4n) is 1.52. The average molecular weight is 267 g/mol. The number of fused-ring (bicyclic) bond motifs is 1. The molecule has 0 saturated heterocycles. The van der Waals surface area contributed by atoms with Gasteiger partial charge in [-0.3, -0.25) is 10.1 Å². The molecule has 1 aromatic carbocycles. The van der Waals surface area contributed by atoms with E-state index in [2.05, 4.69) is 20.9 Å². The van der Waals surface area contributed by atoms with Crippen molar-refractivity contribution in [3.05, 3.63) is 44.7 Å². The van der Waals surface area contributed by atoms with Crippen molar-refractivity contribution in [1.29, 1.82) is 0 Å². The molecular weight excluding hydrogens is 260 g/mol. The van der Waals surface area contributed by atoms with Crippen molar-refractivity contribution in [2.75, 3.05) is 0 Å². The number of nitro groups is 1. The molecular formula is C10H7BrN2O2. The van der Waals surface area contributed by atoms with E-state index in [4.69, 9.17) is 0 Å². The largest absolute Gasteiger partial charge is 0.279 e. The zero-order chi connectivity index (χ0) is 11.0. The number of aromatic nitrogens is 1. The number of rotatable bonds is 1. The van der Waals surface area contributed by atoms with Crippen molar-refractivity contribution in [2.45, 2.75) is 6.92 Å². The van der Waals surface area contributed by atoms with Crippen LogP contribution in [0.5, 0.6) is 0 Å². The van der Waals surface area contributed by atoms with Crippen LogP contribution in [-0.4, -0.2) is 9.91 Å². The number of hydrogen-bond acceptors (Lipinski definition) is 3. The number of aryl methyl sites for hydroxylation is 1. The monoisotopic (exact) mass is 266 g/mol. The molecule has 15 heavy (non-hydrogen) atoms. The van der Waals surface area contributed by atoms with E-state index in [1.54, 1.807) is 6.07 Å². The first kappa shape index (κ1) is 10.0. The molecule has 0 fully saturated rings. The fourth-order valence-corrected chi connectivity index (χ4v) is 2.23. The normalized spacial score (nSPS) is 10.5. The third-order valence-corrected chi connectivity index (χ3v) is 2.69. The summed E-state index contributed by atoms with van der Waals surface area (Å²) in [5.74, 6) is 0. The van der Waals surface area contributed by atoms with Crippen LogP contribution in [0.3, 0.4) is 0 Å². The molecule has 1 heterocycles. The maximum Gasteiger partial charge on any atom is 0.279 e. The number of pyridine rings is 1. The number of halogens is 1. The van der Waals surface area contributed by atoms with Crippen LogP contribution >= 0.6 is 15.9 Å². The second-order valence-corrected chi connectivity index (χ2v) is 3.94. The molecule has 0 aliphatic carbocycles. The summed E-state index contributed by atoms with van der Waals surface area (Å²) < 4.78 is 0.518. The van der Waals surface area contributed by atoms with Crippen LogP contribution in [0.4, 0.5) is 5.69 Å². The van der Waals surface area contributed by atoms with E-state index in [1.807, 2.05) is 19.1 Å². The van der Waals surface area contributed by atoms with Crippen molar-refractivity contribution in [2.24, 2.45) is 0 Å². The molecule has 0 aliphatic rings. The van der Waals surface area contributed by atoms with Crippen LogP contribution in [0.1, 0.15) is 5.69 Å². The minimum Gasteiger partial charge on any atom is -0.258 e. The van der Waals surface area contributed by atoms with E-state index in [9.17, 15) is 10.1 Å². The lowest BCUT2D eigenvalue weighted by Gasteiger charge is -2.02. The predicted molar refractivity (Wildman–Crippen MR) is 60.8 cm³/mol. The zero-order valence-corrected chi connectivity index (χ0v) is 9.48. The molecule has 0 amide bonds. The molecule has 2 rings (SSSR count). The highest BCUT2D eigenvalue weighted by molar-refractivity contribution is 9.10. The molecule has 0 aliphatic heterocycles. The first-order valence-electron chi connectivity index (χ1n) is 4.30. The number of benzene rings is 1. The van der Waals surface area contributed by atoms with E-state index in [0.29, 0.717) is 9.99 Å². The molecule has 0 spiro atoms. The lowest BCUT2D eigenvalue weighted by Crippen LogP contribution is -1.92. The highest BCUT2D eigenvalue weighted by atomic mass is 79.9. The Morgan fingerprint density at radius 1 is 1.47 bits per heavy atom. The molecule has 0 radical (unpaired) electrons. The van der Waals surface area contributed by atoms with Gasteiger partial charge in [-0.25, -0.2) is 4.98 Å². The minimum atomic E-state index is -0.399. The van der Waals surface area contributed by atoms with Crippen molar-refractivity contribution in [1.82, 2.24) is 4.98 Å². The summed E-state index contributed by atoms with van der Waals surface area (Å²) >= 11 is 3.25. The van der Waals surface area contributed by atoms with E-state index in [0.717, 1.165) is 11.1 Å². The molecule has 0 bridgehead atoms. The van der Waals surface area contributed by atoms with Gasteiger partial charge >= 0.3 is 0 Å². The van der Waals surface area contributed by atoms with Gasteiger partial charge in [0.2, 0.25) is 0 Å². The quantitative estimate of drug-likeness (QED) is 0.453. The lowest BCUT2D eigenvalue weighted by molar-refractivity contribution is -0.383. The number of nitro benzene ring substituents is 1. The highest BCUT2D eigenvalue weighted by Crippen LogP contribution is 2.31. The van der Waals surface area contributed by atoms with Gasteiger partial charge in [-0.1, -0.05) is 12.1 Å². The van der Waals surface area contributed by atoms with Gasteiger partial charge in [0.05, 0.1) is 10.3 Å². The third-order valence-electron chi connectivity index (χ3n) is 2.12. The topological polar surface area (TPSA) is 56.0 Å². The van der Waals surface area contributed by atoms with Crippen molar-refractivity contribution >= 4 is 32.4 Å². The van der Waals surface area contributed by atoms with E-state index in [1.165, 1.54) is 6.07 Å². The molecule has 2 aromatic rings. The average Bonchev–Trinajstić information content (AvgIpc) is 2.16. The standard InChI is InChI=1S/C10H7BrN2O2/c1-6-5-7-3-2-4-8(13(14)15)9(7)10(11)12-6/h2-5H,1H3. The Morgan fingerprint density at radius 3 is 2.87 bits per heavy atom. The zero-order valence-electron chi connectivity index (χ0n) is 7.90. The lowest BCUT2D eigenvalue weighted by atomic mass is 10.1. The van der Waals surface area contributed by atoms with E-state index in [-0.39, 0.29) is 5.69 Å². The van der Waals surface area contributed by atoms with Crippen molar-refractivity contribution < 1.29 is 4.92 Å². The van der Waals surface area contributed by atoms with Crippen LogP contribution in [0, 0.1) is 17.0 Å². The summed E-state index contributed by atoms with van der Waals surface area (Å²) in [6.07, 6.45) is 0. The van der Waals surface area contributed by atoms with E-state index >= 15 is 0 Å². The van der Waals surface area contributed by atoms with Crippen LogP contribution in [0.15, 0.2) is 28.9 Å². The summed E-state index contributed by atoms with van der Waals surface area (Å²) in [6, 6.07) is 6.81. The Morgan fingerprint density at radius 2 is 2.20 bits per heavy atom. The van der Waals surface area contributed by atoms with Gasteiger partial charge < -0.3 is 0 Å². The summed E-state index contributed by atoms with van der Waals surface area (Å²) in [4.78, 5) is 14.6. The van der Waals surface area contributed by atoms with Gasteiger partial charge in [-0.2, -0.15) is 0 Å². The number of hydrogen-bond donors (Lipinski definition) is 0. The van der Waals surface area contributed by atoms with Crippen LogP contribution < -0.4 is 0 Å². The maximum atomic E-state index is 10.8. The molecule has 0 N–H and O–H groups in total. The Balaban J connectivity index is 2.91. The van der Waals surface area contributed by atoms with Crippen molar-refractivity contribution in [3.8, 4) is 0 Å². The second-order valence-electron chi connectivity index (χ2n) is 3.19. The first-order chi connectivity index (χ1) is 7.09.